The van der Waals surface area contributed by atoms with Gasteiger partial charge in [-0.25, -0.2) is 0 Å². The lowest BCUT2D eigenvalue weighted by Crippen LogP contribution is -2.47. The first-order chi connectivity index (χ1) is 12.1. The molecule has 0 aliphatic carbocycles. The number of likely N-dealkylation sites (tertiary alicyclic amines) is 1. The van der Waals surface area contributed by atoms with Crippen LogP contribution in [0.1, 0.15) is 55.5 Å². The number of benzene rings is 1. The van der Waals surface area contributed by atoms with Gasteiger partial charge in [0, 0.05) is 31.8 Å². The summed E-state index contributed by atoms with van der Waals surface area (Å²) in [6.45, 7) is 5.75. The van der Waals surface area contributed by atoms with Gasteiger partial charge in [0.1, 0.15) is 0 Å². The van der Waals surface area contributed by atoms with E-state index in [0.29, 0.717) is 25.3 Å². The molecule has 2 amide bonds. The van der Waals surface area contributed by atoms with E-state index in [1.807, 2.05) is 36.1 Å². The number of hydrogen-bond donors (Lipinski definition) is 1. The molecule has 1 fully saturated rings. The van der Waals surface area contributed by atoms with Gasteiger partial charge >= 0.3 is 0 Å². The largest absolute Gasteiger partial charge is 0.380 e. The maximum Gasteiger partial charge on any atom is 0.254 e. The average Bonchev–Trinajstić information content (AvgIpc) is 2.62. The molecule has 138 valence electrons. The first-order valence-electron chi connectivity index (χ1n) is 9.23. The molecule has 5 nitrogen and oxygen atoms in total. The van der Waals surface area contributed by atoms with E-state index in [1.165, 1.54) is 0 Å². The van der Waals surface area contributed by atoms with E-state index in [4.69, 9.17) is 4.74 Å². The first-order valence-corrected chi connectivity index (χ1v) is 9.23. The molecule has 1 N–H and O–H groups in total. The molecule has 0 aromatic heterocycles. The van der Waals surface area contributed by atoms with E-state index in [-0.39, 0.29) is 23.8 Å². The fraction of sp³-hybridized carbons (Fsp3) is 0.600. The van der Waals surface area contributed by atoms with Crippen LogP contribution in [0.25, 0.3) is 0 Å². The van der Waals surface area contributed by atoms with Crippen LogP contribution in [0.15, 0.2) is 24.3 Å². The van der Waals surface area contributed by atoms with Gasteiger partial charge in [-0.2, -0.15) is 0 Å². The van der Waals surface area contributed by atoms with Gasteiger partial charge in [-0.05, 0) is 37.8 Å². The number of piperidine rings is 1. The van der Waals surface area contributed by atoms with Crippen LogP contribution in [-0.2, 0) is 16.1 Å². The molecule has 1 aliphatic rings. The van der Waals surface area contributed by atoms with E-state index in [1.54, 1.807) is 7.11 Å². The summed E-state index contributed by atoms with van der Waals surface area (Å²) in [5.41, 5.74) is 1.56. The highest BCUT2D eigenvalue weighted by atomic mass is 16.5. The Balaban J connectivity index is 2.03. The Kier molecular flexibility index (Phi) is 7.44. The minimum atomic E-state index is -0.119. The van der Waals surface area contributed by atoms with E-state index in [2.05, 4.69) is 12.2 Å². The SMILES string of the molecule is CCC[C@H](C)NC(=O)[C@H]1CCCN(C(=O)c2ccccc2COC)C1. The number of rotatable bonds is 7. The quantitative estimate of drug-likeness (QED) is 0.826. The van der Waals surface area contributed by atoms with Crippen LogP contribution in [0.5, 0.6) is 0 Å². The number of nitrogens with zero attached hydrogens (tertiary/aromatic N) is 1. The van der Waals surface area contributed by atoms with Crippen molar-refractivity contribution >= 4 is 11.8 Å². The molecule has 1 aliphatic heterocycles. The van der Waals surface area contributed by atoms with Gasteiger partial charge in [0.25, 0.3) is 5.91 Å². The first kappa shape index (κ1) is 19.4. The van der Waals surface area contributed by atoms with Crippen LogP contribution in [0.4, 0.5) is 0 Å². The highest BCUT2D eigenvalue weighted by Gasteiger charge is 2.30. The molecular weight excluding hydrogens is 316 g/mol. The minimum Gasteiger partial charge on any atom is -0.380 e. The third-order valence-corrected chi connectivity index (χ3v) is 4.74. The Morgan fingerprint density at radius 2 is 2.12 bits per heavy atom. The molecule has 0 bridgehead atoms. The van der Waals surface area contributed by atoms with Crippen molar-refractivity contribution in [2.24, 2.45) is 5.92 Å². The van der Waals surface area contributed by atoms with Gasteiger partial charge in [0.2, 0.25) is 5.91 Å². The highest BCUT2D eigenvalue weighted by molar-refractivity contribution is 5.96. The summed E-state index contributed by atoms with van der Waals surface area (Å²) in [6.07, 6.45) is 3.73. The third-order valence-electron chi connectivity index (χ3n) is 4.74. The number of carbonyl (C=O) groups is 2. The minimum absolute atomic E-state index is 0.00763. The normalized spacial score (nSPS) is 18.7. The molecule has 0 spiro atoms. The van der Waals surface area contributed by atoms with Crippen LogP contribution >= 0.6 is 0 Å². The van der Waals surface area contributed by atoms with Crippen LogP contribution < -0.4 is 5.32 Å². The summed E-state index contributed by atoms with van der Waals surface area (Å²) in [4.78, 5) is 27.2. The van der Waals surface area contributed by atoms with E-state index in [0.717, 1.165) is 31.2 Å². The summed E-state index contributed by atoms with van der Waals surface area (Å²) >= 11 is 0. The topological polar surface area (TPSA) is 58.6 Å². The molecule has 0 saturated carbocycles. The lowest BCUT2D eigenvalue weighted by molar-refractivity contribution is -0.127. The zero-order valence-electron chi connectivity index (χ0n) is 15.6. The summed E-state index contributed by atoms with van der Waals surface area (Å²) in [5, 5.41) is 3.08. The molecule has 1 heterocycles. The van der Waals surface area contributed by atoms with Crippen LogP contribution in [-0.4, -0.2) is 43.0 Å². The van der Waals surface area contributed by atoms with Gasteiger partial charge < -0.3 is 15.0 Å². The smallest absolute Gasteiger partial charge is 0.254 e. The van der Waals surface area contributed by atoms with Crippen LogP contribution in [0.2, 0.25) is 0 Å². The fourth-order valence-electron chi connectivity index (χ4n) is 3.42. The average molecular weight is 346 g/mol. The van der Waals surface area contributed by atoms with Crippen molar-refractivity contribution in [3.63, 3.8) is 0 Å². The van der Waals surface area contributed by atoms with Crippen molar-refractivity contribution in [2.45, 2.75) is 52.2 Å². The molecule has 25 heavy (non-hydrogen) atoms. The highest BCUT2D eigenvalue weighted by Crippen LogP contribution is 2.21. The summed E-state index contributed by atoms with van der Waals surface area (Å²) in [6, 6.07) is 7.71. The Morgan fingerprint density at radius 1 is 1.36 bits per heavy atom. The number of hydrogen-bond acceptors (Lipinski definition) is 3. The second-order valence-corrected chi connectivity index (χ2v) is 6.88. The Labute approximate surface area is 150 Å². The summed E-state index contributed by atoms with van der Waals surface area (Å²) in [7, 11) is 1.62. The molecule has 1 aromatic rings. The van der Waals surface area contributed by atoms with Crippen molar-refractivity contribution in [3.8, 4) is 0 Å². The molecular formula is C20H30N2O3. The van der Waals surface area contributed by atoms with Gasteiger partial charge in [-0.3, -0.25) is 9.59 Å². The van der Waals surface area contributed by atoms with Crippen molar-refractivity contribution in [2.75, 3.05) is 20.2 Å². The van der Waals surface area contributed by atoms with Gasteiger partial charge in [-0.15, -0.1) is 0 Å². The predicted octanol–water partition coefficient (Wildman–Crippen LogP) is 2.99. The number of nitrogens with one attached hydrogen (secondary N) is 1. The zero-order chi connectivity index (χ0) is 18.2. The van der Waals surface area contributed by atoms with Gasteiger partial charge in [0.15, 0.2) is 0 Å². The molecule has 5 heteroatoms. The number of amides is 2. The maximum atomic E-state index is 12.9. The number of ether oxygens (including phenoxy) is 1. The third kappa shape index (κ3) is 5.30. The van der Waals surface area contributed by atoms with Crippen molar-refractivity contribution in [1.82, 2.24) is 10.2 Å². The Bertz CT molecular complexity index is 588. The van der Waals surface area contributed by atoms with Crippen molar-refractivity contribution in [3.05, 3.63) is 35.4 Å². The maximum absolute atomic E-state index is 12.9. The molecule has 1 saturated heterocycles. The van der Waals surface area contributed by atoms with Gasteiger partial charge in [0.05, 0.1) is 12.5 Å². The molecule has 2 atom stereocenters. The zero-order valence-corrected chi connectivity index (χ0v) is 15.6. The van der Waals surface area contributed by atoms with E-state index in [9.17, 15) is 9.59 Å². The number of methoxy groups -OCH3 is 1. The van der Waals surface area contributed by atoms with E-state index >= 15 is 0 Å². The molecule has 0 radical (unpaired) electrons. The summed E-state index contributed by atoms with van der Waals surface area (Å²) < 4.78 is 5.20. The second-order valence-electron chi connectivity index (χ2n) is 6.88. The van der Waals surface area contributed by atoms with E-state index < -0.39 is 0 Å². The second kappa shape index (κ2) is 9.56. The lowest BCUT2D eigenvalue weighted by atomic mass is 9.95. The van der Waals surface area contributed by atoms with Gasteiger partial charge in [-0.1, -0.05) is 31.5 Å². The monoisotopic (exact) mass is 346 g/mol. The van der Waals surface area contributed by atoms with Crippen LogP contribution in [0, 0.1) is 5.92 Å². The summed E-state index contributed by atoms with van der Waals surface area (Å²) in [5.74, 6) is -0.0537. The fourth-order valence-corrected chi connectivity index (χ4v) is 3.42. The Hall–Kier alpha value is -1.88. The predicted molar refractivity (Wildman–Crippen MR) is 98.3 cm³/mol. The van der Waals surface area contributed by atoms with Crippen molar-refractivity contribution in [1.29, 1.82) is 0 Å². The standard InChI is InChI=1S/C20H30N2O3/c1-4-8-15(2)21-19(23)16-10-7-12-22(13-16)20(24)18-11-6-5-9-17(18)14-25-3/h5-6,9,11,15-16H,4,7-8,10,12-14H2,1-3H3,(H,21,23)/t15-,16-/m0/s1. The Morgan fingerprint density at radius 3 is 2.84 bits per heavy atom. The molecule has 1 aromatic carbocycles. The van der Waals surface area contributed by atoms with Crippen molar-refractivity contribution < 1.29 is 14.3 Å². The molecule has 2 rings (SSSR count). The van der Waals surface area contributed by atoms with Crippen LogP contribution in [0.3, 0.4) is 0 Å². The lowest BCUT2D eigenvalue weighted by Gasteiger charge is -2.33. The number of carbonyl (C=O) groups excluding carboxylic acids is 2. The molecule has 0 unspecified atom stereocenters.